The number of anilines is 1. The lowest BCUT2D eigenvalue weighted by Gasteiger charge is -2.37. The second-order valence-corrected chi connectivity index (χ2v) is 10.7. The van der Waals surface area contributed by atoms with Crippen molar-refractivity contribution in [2.24, 2.45) is 17.4 Å². The van der Waals surface area contributed by atoms with Crippen LogP contribution < -0.4 is 22.5 Å². The zero-order valence-corrected chi connectivity index (χ0v) is 21.9. The van der Waals surface area contributed by atoms with Crippen LogP contribution in [0.4, 0.5) is 10.6 Å². The van der Waals surface area contributed by atoms with Gasteiger partial charge in [-0.3, -0.25) is 19.6 Å². The van der Waals surface area contributed by atoms with Gasteiger partial charge in [-0.05, 0) is 56.5 Å². The molecule has 1 aromatic heterocycles. The summed E-state index contributed by atoms with van der Waals surface area (Å²) < 4.78 is 1.44. The van der Waals surface area contributed by atoms with Gasteiger partial charge in [0, 0.05) is 51.5 Å². The van der Waals surface area contributed by atoms with E-state index in [1.54, 1.807) is 35.9 Å². The molecule has 0 aliphatic carbocycles. The van der Waals surface area contributed by atoms with Crippen molar-refractivity contribution in [2.75, 3.05) is 44.6 Å². The number of rotatable bonds is 5. The van der Waals surface area contributed by atoms with E-state index in [9.17, 15) is 14.4 Å². The van der Waals surface area contributed by atoms with Crippen LogP contribution >= 0.6 is 0 Å². The molecule has 5 N–H and O–H groups in total. The predicted molar refractivity (Wildman–Crippen MR) is 142 cm³/mol. The van der Waals surface area contributed by atoms with Crippen molar-refractivity contribution in [3.8, 4) is 5.69 Å². The molecule has 2 aliphatic rings. The molecule has 0 spiro atoms. The van der Waals surface area contributed by atoms with Gasteiger partial charge in [0.25, 0.3) is 0 Å². The Bertz CT molecular complexity index is 1170. The molecule has 1 aromatic carbocycles. The number of nitrogens with one attached hydrogen (secondary N) is 1. The van der Waals surface area contributed by atoms with Gasteiger partial charge in [0.1, 0.15) is 5.82 Å². The summed E-state index contributed by atoms with van der Waals surface area (Å²) in [5.41, 5.74) is 12.5. The normalized spacial score (nSPS) is 21.1. The first-order valence-electron chi connectivity index (χ1n) is 12.8. The number of piperazine rings is 1. The minimum atomic E-state index is -0.945. The summed E-state index contributed by atoms with van der Waals surface area (Å²) in [6.07, 6.45) is 2.61. The molecule has 2 aliphatic heterocycles. The van der Waals surface area contributed by atoms with Crippen LogP contribution in [0, 0.1) is 5.92 Å². The maximum absolute atomic E-state index is 12.7. The van der Waals surface area contributed by atoms with E-state index < -0.39 is 11.2 Å². The molecule has 3 amide bonds. The van der Waals surface area contributed by atoms with Crippen LogP contribution in [0.15, 0.2) is 41.3 Å². The molecular formula is C26H38N8O3. The van der Waals surface area contributed by atoms with Crippen LogP contribution in [0.25, 0.3) is 5.69 Å². The van der Waals surface area contributed by atoms with Gasteiger partial charge >= 0.3 is 11.7 Å². The van der Waals surface area contributed by atoms with E-state index in [2.05, 4.69) is 22.1 Å². The Balaban J connectivity index is 1.32. The van der Waals surface area contributed by atoms with E-state index in [1.807, 2.05) is 24.3 Å². The first kappa shape index (κ1) is 26.8. The lowest BCUT2D eigenvalue weighted by atomic mass is 9.94. The third kappa shape index (κ3) is 6.54. The maximum Gasteiger partial charge on any atom is 0.354 e. The zero-order chi connectivity index (χ0) is 26.7. The average molecular weight is 511 g/mol. The van der Waals surface area contributed by atoms with Gasteiger partial charge in [-0.25, -0.2) is 9.59 Å². The Morgan fingerprint density at radius 3 is 2.30 bits per heavy atom. The van der Waals surface area contributed by atoms with Gasteiger partial charge in [-0.2, -0.15) is 4.98 Å². The second-order valence-electron chi connectivity index (χ2n) is 10.7. The molecule has 2 atom stereocenters. The molecule has 2 saturated heterocycles. The molecule has 0 bridgehead atoms. The molecule has 3 heterocycles. The first-order chi connectivity index (χ1) is 17.5. The highest BCUT2D eigenvalue weighted by Gasteiger charge is 2.31. The van der Waals surface area contributed by atoms with Crippen molar-refractivity contribution in [1.29, 1.82) is 0 Å². The van der Waals surface area contributed by atoms with Crippen LogP contribution in [-0.2, 0) is 11.3 Å². The number of nitrogens with zero attached hydrogens (tertiary/aromatic N) is 5. The lowest BCUT2D eigenvalue weighted by molar-refractivity contribution is -0.137. The van der Waals surface area contributed by atoms with Crippen molar-refractivity contribution in [3.63, 3.8) is 0 Å². The smallest absolute Gasteiger partial charge is 0.338 e. The van der Waals surface area contributed by atoms with Crippen LogP contribution in [0.5, 0.6) is 0 Å². The van der Waals surface area contributed by atoms with Gasteiger partial charge < -0.3 is 21.3 Å². The number of benzene rings is 1. The highest BCUT2D eigenvalue weighted by atomic mass is 16.2. The van der Waals surface area contributed by atoms with Gasteiger partial charge in [0.05, 0.1) is 11.2 Å². The van der Waals surface area contributed by atoms with Crippen LogP contribution in [0.1, 0.15) is 32.8 Å². The summed E-state index contributed by atoms with van der Waals surface area (Å²) >= 11 is 0. The monoisotopic (exact) mass is 510 g/mol. The third-order valence-electron chi connectivity index (χ3n) is 7.12. The lowest BCUT2D eigenvalue weighted by Crippen LogP contribution is -2.58. The number of nitrogens with two attached hydrogens (primary N) is 2. The zero-order valence-electron chi connectivity index (χ0n) is 21.9. The Labute approximate surface area is 217 Å². The van der Waals surface area contributed by atoms with E-state index in [-0.39, 0.29) is 23.8 Å². The highest BCUT2D eigenvalue weighted by molar-refractivity contribution is 5.89. The Hall–Kier alpha value is -3.28. The molecule has 11 heteroatoms. The SMILES string of the molecule is C[C@H]1CN(Cc2ccc(-n3ccc(NC(=O)N4CCN(C(=O)C(C)(C)N)CC4)nc3=O)cc2)CC[C@H]1N. The summed E-state index contributed by atoms with van der Waals surface area (Å²) in [6, 6.07) is 9.36. The van der Waals surface area contributed by atoms with Crippen LogP contribution in [-0.4, -0.2) is 87.0 Å². The largest absolute Gasteiger partial charge is 0.354 e. The number of hydrogen-bond acceptors (Lipinski definition) is 7. The highest BCUT2D eigenvalue weighted by Crippen LogP contribution is 2.18. The van der Waals surface area contributed by atoms with Gasteiger partial charge in [0.15, 0.2) is 0 Å². The fourth-order valence-corrected chi connectivity index (χ4v) is 4.79. The van der Waals surface area contributed by atoms with Crippen molar-refractivity contribution >= 4 is 17.8 Å². The maximum atomic E-state index is 12.7. The number of amides is 3. The van der Waals surface area contributed by atoms with E-state index in [0.29, 0.717) is 37.8 Å². The van der Waals surface area contributed by atoms with Crippen LogP contribution in [0.3, 0.4) is 0 Å². The fraction of sp³-hybridized carbons (Fsp3) is 0.538. The second kappa shape index (κ2) is 11.0. The number of aromatic nitrogens is 2. The molecule has 0 unspecified atom stereocenters. The molecule has 11 nitrogen and oxygen atoms in total. The average Bonchev–Trinajstić information content (AvgIpc) is 2.86. The summed E-state index contributed by atoms with van der Waals surface area (Å²) in [5.74, 6) is 0.521. The third-order valence-corrected chi connectivity index (χ3v) is 7.12. The number of carbonyl (C=O) groups is 2. The molecule has 200 valence electrons. The molecule has 2 fully saturated rings. The van der Waals surface area contributed by atoms with Crippen LogP contribution in [0.2, 0.25) is 0 Å². The standard InChI is InChI=1S/C26H38N8O3/c1-18-16-31(10-8-21(18)27)17-19-4-6-20(7-5-19)34-11-9-22(30-25(34)37)29-24(36)33-14-12-32(13-15-33)23(35)26(2,3)28/h4-7,9,11,18,21H,8,10,12-17,27-28H2,1-3H3,(H,29,30,36,37)/t18-,21+/m0/s1. The molecule has 0 radical (unpaired) electrons. The van der Waals surface area contributed by atoms with Gasteiger partial charge in [-0.15, -0.1) is 0 Å². The van der Waals surface area contributed by atoms with Crippen molar-refractivity contribution in [2.45, 2.75) is 45.3 Å². The fourth-order valence-electron chi connectivity index (χ4n) is 4.79. The molecule has 4 rings (SSSR count). The van der Waals surface area contributed by atoms with E-state index in [1.165, 1.54) is 10.1 Å². The van der Waals surface area contributed by atoms with Gasteiger partial charge in [0.2, 0.25) is 5.91 Å². The summed E-state index contributed by atoms with van der Waals surface area (Å²) in [6.45, 7) is 9.92. The predicted octanol–water partition coefficient (Wildman–Crippen LogP) is 0.815. The first-order valence-corrected chi connectivity index (χ1v) is 12.8. The minimum Gasteiger partial charge on any atom is -0.338 e. The Kier molecular flexibility index (Phi) is 7.96. The van der Waals surface area contributed by atoms with E-state index in [0.717, 1.165) is 26.1 Å². The summed E-state index contributed by atoms with van der Waals surface area (Å²) in [7, 11) is 0. The topological polar surface area (TPSA) is 143 Å². The van der Waals surface area contributed by atoms with E-state index >= 15 is 0 Å². The number of urea groups is 1. The molecular weight excluding hydrogens is 472 g/mol. The van der Waals surface area contributed by atoms with Gasteiger partial charge in [-0.1, -0.05) is 19.1 Å². The molecule has 0 saturated carbocycles. The minimum absolute atomic E-state index is 0.142. The molecule has 2 aromatic rings. The molecule has 37 heavy (non-hydrogen) atoms. The number of piperidine rings is 1. The Morgan fingerprint density at radius 2 is 1.70 bits per heavy atom. The number of hydrogen-bond donors (Lipinski definition) is 3. The summed E-state index contributed by atoms with van der Waals surface area (Å²) in [4.78, 5) is 47.4. The van der Waals surface area contributed by atoms with Crippen molar-refractivity contribution in [3.05, 3.63) is 52.6 Å². The number of likely N-dealkylation sites (tertiary alicyclic amines) is 1. The van der Waals surface area contributed by atoms with Crippen molar-refractivity contribution < 1.29 is 9.59 Å². The van der Waals surface area contributed by atoms with Crippen molar-refractivity contribution in [1.82, 2.24) is 24.3 Å². The summed E-state index contributed by atoms with van der Waals surface area (Å²) in [5, 5.41) is 2.69. The number of carbonyl (C=O) groups excluding carboxylic acids is 2. The van der Waals surface area contributed by atoms with E-state index in [4.69, 9.17) is 11.5 Å². The quantitative estimate of drug-likeness (QED) is 0.540. The Morgan fingerprint density at radius 1 is 1.05 bits per heavy atom.